The Balaban J connectivity index is 2.76. The maximum Gasteiger partial charge on any atom is 0.303 e. The normalized spacial score (nSPS) is 11.5. The van der Waals surface area contributed by atoms with Crippen molar-refractivity contribution in [3.63, 3.8) is 0 Å². The van der Waals surface area contributed by atoms with E-state index in [9.17, 15) is 19.7 Å². The van der Waals surface area contributed by atoms with Gasteiger partial charge in [0.05, 0.1) is 23.8 Å². The molecule has 21 heavy (non-hydrogen) atoms. The topological polar surface area (TPSA) is 119 Å². The number of nitro benzene ring substituents is 1. The lowest BCUT2D eigenvalue weighted by atomic mass is 10.0. The van der Waals surface area contributed by atoms with E-state index in [-0.39, 0.29) is 36.1 Å². The van der Waals surface area contributed by atoms with Gasteiger partial charge in [0, 0.05) is 18.9 Å². The van der Waals surface area contributed by atoms with Gasteiger partial charge < -0.3 is 15.2 Å². The van der Waals surface area contributed by atoms with E-state index in [4.69, 9.17) is 9.84 Å². The molecular formula is C13H16N2O6. The molecule has 1 aromatic carbocycles. The number of anilines is 1. The van der Waals surface area contributed by atoms with Crippen LogP contribution in [0.25, 0.3) is 0 Å². The quantitative estimate of drug-likeness (QED) is 0.587. The average molecular weight is 296 g/mol. The number of hydrogen-bond donors (Lipinski definition) is 2. The number of nitrogens with zero attached hydrogens (tertiary/aromatic N) is 1. The van der Waals surface area contributed by atoms with Gasteiger partial charge in [-0.2, -0.15) is 0 Å². The van der Waals surface area contributed by atoms with E-state index in [1.165, 1.54) is 25.3 Å². The fourth-order valence-corrected chi connectivity index (χ4v) is 1.78. The van der Waals surface area contributed by atoms with Gasteiger partial charge in [0.2, 0.25) is 5.91 Å². The molecule has 0 saturated heterocycles. The van der Waals surface area contributed by atoms with Crippen LogP contribution in [0.3, 0.4) is 0 Å². The second kappa shape index (κ2) is 7.22. The molecule has 0 bridgehead atoms. The van der Waals surface area contributed by atoms with Crippen molar-refractivity contribution >= 4 is 23.3 Å². The van der Waals surface area contributed by atoms with Crippen LogP contribution in [-0.2, 0) is 9.59 Å². The number of nitrogens with one attached hydrogen (secondary N) is 1. The Morgan fingerprint density at radius 2 is 2.10 bits per heavy atom. The maximum absolute atomic E-state index is 11.8. The molecule has 0 fully saturated rings. The van der Waals surface area contributed by atoms with E-state index in [2.05, 4.69) is 5.32 Å². The molecule has 114 valence electrons. The number of nitro groups is 1. The fourth-order valence-electron chi connectivity index (χ4n) is 1.78. The first-order valence-electron chi connectivity index (χ1n) is 6.17. The van der Waals surface area contributed by atoms with E-state index in [0.29, 0.717) is 5.69 Å². The van der Waals surface area contributed by atoms with Crippen LogP contribution in [0.1, 0.15) is 19.8 Å². The molecule has 1 aromatic rings. The fraction of sp³-hybridized carbons (Fsp3) is 0.385. The monoisotopic (exact) mass is 296 g/mol. The van der Waals surface area contributed by atoms with Crippen LogP contribution < -0.4 is 10.1 Å². The zero-order valence-corrected chi connectivity index (χ0v) is 11.7. The molecule has 1 amide bonds. The smallest absolute Gasteiger partial charge is 0.303 e. The van der Waals surface area contributed by atoms with Crippen LogP contribution in [0, 0.1) is 16.0 Å². The molecule has 0 heterocycles. The van der Waals surface area contributed by atoms with Crippen molar-refractivity contribution in [2.45, 2.75) is 19.8 Å². The van der Waals surface area contributed by atoms with Gasteiger partial charge in [0.15, 0.2) is 0 Å². The minimum absolute atomic E-state index is 0.0342. The zero-order valence-electron chi connectivity index (χ0n) is 11.7. The highest BCUT2D eigenvalue weighted by Crippen LogP contribution is 2.29. The van der Waals surface area contributed by atoms with Gasteiger partial charge >= 0.3 is 5.97 Å². The minimum Gasteiger partial charge on any atom is -0.494 e. The number of aliphatic carboxylic acids is 1. The molecule has 1 rings (SSSR count). The van der Waals surface area contributed by atoms with Crippen LogP contribution in [0.5, 0.6) is 5.75 Å². The Labute approximate surface area is 120 Å². The second-order valence-electron chi connectivity index (χ2n) is 4.60. The average Bonchev–Trinajstić information content (AvgIpc) is 2.37. The Kier molecular flexibility index (Phi) is 5.65. The van der Waals surface area contributed by atoms with E-state index in [1.54, 1.807) is 6.92 Å². The number of rotatable bonds is 7. The van der Waals surface area contributed by atoms with Gasteiger partial charge in [-0.25, -0.2) is 0 Å². The number of methoxy groups -OCH3 is 1. The summed E-state index contributed by atoms with van der Waals surface area (Å²) in [4.78, 5) is 32.4. The van der Waals surface area contributed by atoms with Crippen molar-refractivity contribution in [3.05, 3.63) is 28.3 Å². The lowest BCUT2D eigenvalue weighted by Crippen LogP contribution is -2.17. The van der Waals surface area contributed by atoms with Crippen LogP contribution in [0.15, 0.2) is 18.2 Å². The Morgan fingerprint density at radius 1 is 1.43 bits per heavy atom. The lowest BCUT2D eigenvalue weighted by Gasteiger charge is -2.12. The van der Waals surface area contributed by atoms with Crippen LogP contribution in [0.2, 0.25) is 0 Å². The Morgan fingerprint density at radius 3 is 2.62 bits per heavy atom. The second-order valence-corrected chi connectivity index (χ2v) is 4.60. The molecule has 8 nitrogen and oxygen atoms in total. The van der Waals surface area contributed by atoms with Crippen molar-refractivity contribution in [1.82, 2.24) is 0 Å². The molecule has 2 N–H and O–H groups in total. The van der Waals surface area contributed by atoms with Gasteiger partial charge in [-0.3, -0.25) is 19.7 Å². The largest absolute Gasteiger partial charge is 0.494 e. The SMILES string of the molecule is COc1cc([N+](=O)[O-])ccc1NC(=O)CC(C)CC(=O)O. The van der Waals surface area contributed by atoms with Crippen LogP contribution in [0.4, 0.5) is 11.4 Å². The summed E-state index contributed by atoms with van der Waals surface area (Å²) in [5.41, 5.74) is 0.153. The summed E-state index contributed by atoms with van der Waals surface area (Å²) in [6, 6.07) is 3.83. The standard InChI is InChI=1S/C13H16N2O6/c1-8(6-13(17)18)5-12(16)14-10-4-3-9(15(19)20)7-11(10)21-2/h3-4,7-8H,5-6H2,1-2H3,(H,14,16)(H,17,18). The van der Waals surface area contributed by atoms with E-state index in [1.807, 2.05) is 0 Å². The predicted octanol–water partition coefficient (Wildman–Crippen LogP) is 2.04. The molecule has 0 saturated carbocycles. The number of hydrogen-bond acceptors (Lipinski definition) is 5. The van der Waals surface area contributed by atoms with Crippen molar-refractivity contribution in [1.29, 1.82) is 0 Å². The minimum atomic E-state index is -0.969. The molecule has 1 atom stereocenters. The third-order valence-electron chi connectivity index (χ3n) is 2.73. The molecule has 0 aliphatic carbocycles. The molecule has 1 unspecified atom stereocenters. The van der Waals surface area contributed by atoms with Gasteiger partial charge in [-0.1, -0.05) is 6.92 Å². The first-order valence-corrected chi connectivity index (χ1v) is 6.17. The summed E-state index contributed by atoms with van der Waals surface area (Å²) >= 11 is 0. The molecule has 0 radical (unpaired) electrons. The van der Waals surface area contributed by atoms with Gasteiger partial charge in [0.1, 0.15) is 5.75 Å². The van der Waals surface area contributed by atoms with Gasteiger partial charge in [-0.05, 0) is 12.0 Å². The molecule has 0 spiro atoms. The third kappa shape index (κ3) is 5.09. The Hall–Kier alpha value is -2.64. The third-order valence-corrected chi connectivity index (χ3v) is 2.73. The lowest BCUT2D eigenvalue weighted by molar-refractivity contribution is -0.384. The molecule has 0 aliphatic rings. The number of carbonyl (C=O) groups is 2. The number of benzene rings is 1. The molecule has 0 aromatic heterocycles. The summed E-state index contributed by atoms with van der Waals surface area (Å²) in [6.45, 7) is 1.65. The van der Waals surface area contributed by atoms with E-state index >= 15 is 0 Å². The number of carboxylic acids is 1. The van der Waals surface area contributed by atoms with Crippen LogP contribution >= 0.6 is 0 Å². The van der Waals surface area contributed by atoms with Crippen LogP contribution in [-0.4, -0.2) is 29.0 Å². The van der Waals surface area contributed by atoms with Crippen molar-refractivity contribution in [2.75, 3.05) is 12.4 Å². The highest BCUT2D eigenvalue weighted by molar-refractivity contribution is 5.92. The molecular weight excluding hydrogens is 280 g/mol. The van der Waals surface area contributed by atoms with Crippen molar-refractivity contribution in [2.24, 2.45) is 5.92 Å². The highest BCUT2D eigenvalue weighted by Gasteiger charge is 2.16. The highest BCUT2D eigenvalue weighted by atomic mass is 16.6. The molecule has 0 aliphatic heterocycles. The molecule has 8 heteroatoms. The number of amides is 1. The van der Waals surface area contributed by atoms with E-state index in [0.717, 1.165) is 0 Å². The summed E-state index contributed by atoms with van der Waals surface area (Å²) in [5, 5.41) is 21.8. The zero-order chi connectivity index (χ0) is 16.0. The van der Waals surface area contributed by atoms with Crippen molar-refractivity contribution < 1.29 is 24.4 Å². The first kappa shape index (κ1) is 16.4. The maximum atomic E-state index is 11.8. The summed E-state index contributed by atoms with van der Waals surface area (Å²) in [5.74, 6) is -1.49. The Bertz CT molecular complexity index is 558. The number of non-ortho nitro benzene ring substituents is 1. The predicted molar refractivity (Wildman–Crippen MR) is 74.3 cm³/mol. The number of ether oxygens (including phenoxy) is 1. The summed E-state index contributed by atoms with van der Waals surface area (Å²) < 4.78 is 4.99. The van der Waals surface area contributed by atoms with Gasteiger partial charge in [-0.15, -0.1) is 0 Å². The number of carboxylic acid groups (broad SMARTS) is 1. The number of carbonyl (C=O) groups excluding carboxylic acids is 1. The van der Waals surface area contributed by atoms with Gasteiger partial charge in [0.25, 0.3) is 5.69 Å². The summed E-state index contributed by atoms with van der Waals surface area (Å²) in [6.07, 6.45) is -0.0722. The summed E-state index contributed by atoms with van der Waals surface area (Å²) in [7, 11) is 1.34. The van der Waals surface area contributed by atoms with E-state index < -0.39 is 10.9 Å². The first-order chi connectivity index (χ1) is 9.83. The van der Waals surface area contributed by atoms with Crippen molar-refractivity contribution in [3.8, 4) is 5.75 Å².